The first-order valence-electron chi connectivity index (χ1n) is 6.65. The van der Waals surface area contributed by atoms with Crippen LogP contribution >= 0.6 is 0 Å². The highest BCUT2D eigenvalue weighted by Gasteiger charge is 2.19. The van der Waals surface area contributed by atoms with Crippen LogP contribution in [0.1, 0.15) is 25.0 Å². The third-order valence-corrected chi connectivity index (χ3v) is 4.56. The predicted octanol–water partition coefficient (Wildman–Crippen LogP) is 1.30. The number of aryl methyl sites for hydroxylation is 1. The number of benzene rings is 1. The van der Waals surface area contributed by atoms with Crippen molar-refractivity contribution in [1.29, 1.82) is 0 Å². The van der Waals surface area contributed by atoms with Crippen molar-refractivity contribution in [3.63, 3.8) is 0 Å². The molecule has 1 atom stereocenters. The van der Waals surface area contributed by atoms with Gasteiger partial charge < -0.3 is 9.84 Å². The first-order valence-corrected chi connectivity index (χ1v) is 8.14. The lowest BCUT2D eigenvalue weighted by atomic mass is 10.1. The van der Waals surface area contributed by atoms with E-state index in [1.807, 2.05) is 13.8 Å². The molecule has 0 aliphatic rings. The van der Waals surface area contributed by atoms with Crippen LogP contribution in [0.2, 0.25) is 0 Å². The number of aliphatic hydroxyl groups excluding tert-OH is 1. The minimum atomic E-state index is -3.57. The molecule has 0 radical (unpaired) electrons. The van der Waals surface area contributed by atoms with E-state index in [0.29, 0.717) is 25.1 Å². The lowest BCUT2D eigenvalue weighted by molar-refractivity contribution is 0.161. The third kappa shape index (κ3) is 4.56. The van der Waals surface area contributed by atoms with Gasteiger partial charge in [-0.05, 0) is 29.5 Å². The molecule has 0 fully saturated rings. The Balaban J connectivity index is 2.96. The summed E-state index contributed by atoms with van der Waals surface area (Å²) in [7, 11) is -1.98. The van der Waals surface area contributed by atoms with Gasteiger partial charge in [0.05, 0.1) is 11.5 Å². The number of aliphatic hydroxyl groups is 1. The third-order valence-electron chi connectivity index (χ3n) is 3.06. The molecule has 0 heterocycles. The number of hydrogen-bond acceptors (Lipinski definition) is 4. The van der Waals surface area contributed by atoms with E-state index in [-0.39, 0.29) is 17.4 Å². The molecule has 0 aliphatic heterocycles. The molecule has 0 saturated carbocycles. The average molecular weight is 301 g/mol. The second-order valence-electron chi connectivity index (χ2n) is 4.87. The minimum absolute atomic E-state index is 0.0980. The Kier molecular flexibility index (Phi) is 6.61. The Hall–Kier alpha value is -0.950. The summed E-state index contributed by atoms with van der Waals surface area (Å²) in [4.78, 5) is 0.246. The Morgan fingerprint density at radius 1 is 1.40 bits per heavy atom. The van der Waals surface area contributed by atoms with Crippen LogP contribution in [-0.4, -0.2) is 33.8 Å². The largest absolute Gasteiger partial charge is 0.392 e. The van der Waals surface area contributed by atoms with E-state index < -0.39 is 10.0 Å². The zero-order valence-electron chi connectivity index (χ0n) is 12.2. The number of hydrogen-bond donors (Lipinski definition) is 2. The van der Waals surface area contributed by atoms with Crippen molar-refractivity contribution in [3.8, 4) is 0 Å². The normalized spacial score (nSPS) is 13.4. The maximum atomic E-state index is 12.4. The van der Waals surface area contributed by atoms with Crippen molar-refractivity contribution >= 4 is 10.0 Å². The Morgan fingerprint density at radius 2 is 2.10 bits per heavy atom. The Morgan fingerprint density at radius 3 is 2.65 bits per heavy atom. The summed E-state index contributed by atoms with van der Waals surface area (Å²) in [6, 6.07) is 5.02. The lowest BCUT2D eigenvalue weighted by Crippen LogP contribution is -2.30. The van der Waals surface area contributed by atoms with Crippen LogP contribution in [0, 0.1) is 5.92 Å². The summed E-state index contributed by atoms with van der Waals surface area (Å²) in [6.07, 6.45) is 0.621. The van der Waals surface area contributed by atoms with Crippen LogP contribution in [0.4, 0.5) is 0 Å². The van der Waals surface area contributed by atoms with Gasteiger partial charge in [0.15, 0.2) is 0 Å². The van der Waals surface area contributed by atoms with Gasteiger partial charge in [-0.2, -0.15) is 0 Å². The average Bonchev–Trinajstić information content (AvgIpc) is 2.45. The second kappa shape index (κ2) is 7.73. The summed E-state index contributed by atoms with van der Waals surface area (Å²) in [6.45, 7) is 4.46. The molecule has 0 spiro atoms. The molecule has 0 saturated heterocycles. The summed E-state index contributed by atoms with van der Waals surface area (Å²) in [5, 5.41) is 9.15. The van der Waals surface area contributed by atoms with Gasteiger partial charge in [0.1, 0.15) is 0 Å². The van der Waals surface area contributed by atoms with Crippen molar-refractivity contribution in [1.82, 2.24) is 4.72 Å². The first-order chi connectivity index (χ1) is 9.44. The van der Waals surface area contributed by atoms with E-state index in [4.69, 9.17) is 9.84 Å². The number of nitrogens with one attached hydrogen (secondary N) is 1. The van der Waals surface area contributed by atoms with E-state index in [1.54, 1.807) is 19.2 Å². The molecule has 0 bridgehead atoms. The van der Waals surface area contributed by atoms with Crippen molar-refractivity contribution in [2.45, 2.75) is 31.8 Å². The van der Waals surface area contributed by atoms with E-state index >= 15 is 0 Å². The molecule has 6 heteroatoms. The number of methoxy groups -OCH3 is 1. The molecule has 1 unspecified atom stereocenters. The summed E-state index contributed by atoms with van der Waals surface area (Å²) in [5.41, 5.74) is 1.33. The SMILES string of the molecule is CCc1ccc(CO)cc1S(=O)(=O)NCC(C)COC. The van der Waals surface area contributed by atoms with Crippen LogP contribution in [0.25, 0.3) is 0 Å². The summed E-state index contributed by atoms with van der Waals surface area (Å²) in [5.74, 6) is 0.0980. The molecular weight excluding hydrogens is 278 g/mol. The maximum Gasteiger partial charge on any atom is 0.240 e. The smallest absolute Gasteiger partial charge is 0.240 e. The molecule has 20 heavy (non-hydrogen) atoms. The minimum Gasteiger partial charge on any atom is -0.392 e. The van der Waals surface area contributed by atoms with Gasteiger partial charge in [-0.15, -0.1) is 0 Å². The fraction of sp³-hybridized carbons (Fsp3) is 0.571. The molecule has 114 valence electrons. The van der Waals surface area contributed by atoms with Crippen LogP contribution in [-0.2, 0) is 27.8 Å². The van der Waals surface area contributed by atoms with Crippen molar-refractivity contribution in [2.24, 2.45) is 5.92 Å². The summed E-state index contributed by atoms with van der Waals surface area (Å²) >= 11 is 0. The maximum absolute atomic E-state index is 12.4. The predicted molar refractivity (Wildman–Crippen MR) is 78.0 cm³/mol. The van der Waals surface area contributed by atoms with Gasteiger partial charge >= 0.3 is 0 Å². The summed E-state index contributed by atoms with van der Waals surface area (Å²) < 4.78 is 32.3. The van der Waals surface area contributed by atoms with Crippen molar-refractivity contribution in [3.05, 3.63) is 29.3 Å². The monoisotopic (exact) mass is 301 g/mol. The van der Waals surface area contributed by atoms with Gasteiger partial charge in [-0.25, -0.2) is 13.1 Å². The highest BCUT2D eigenvalue weighted by molar-refractivity contribution is 7.89. The lowest BCUT2D eigenvalue weighted by Gasteiger charge is -2.14. The zero-order valence-corrected chi connectivity index (χ0v) is 13.0. The van der Waals surface area contributed by atoms with Gasteiger partial charge in [-0.3, -0.25) is 0 Å². The molecule has 1 aromatic carbocycles. The second-order valence-corrected chi connectivity index (χ2v) is 6.60. The van der Waals surface area contributed by atoms with Crippen LogP contribution < -0.4 is 4.72 Å². The molecule has 0 amide bonds. The molecule has 5 nitrogen and oxygen atoms in total. The quantitative estimate of drug-likeness (QED) is 0.759. The molecule has 2 N–H and O–H groups in total. The van der Waals surface area contributed by atoms with Gasteiger partial charge in [0, 0.05) is 20.3 Å². The molecular formula is C14H23NO4S. The fourth-order valence-corrected chi connectivity index (χ4v) is 3.44. The Labute approximate surface area is 121 Å². The standard InChI is InChI=1S/C14H23NO4S/c1-4-13-6-5-12(9-16)7-14(13)20(17,18)15-8-11(2)10-19-3/h5-7,11,15-16H,4,8-10H2,1-3H3. The number of sulfonamides is 1. The van der Waals surface area contributed by atoms with Crippen LogP contribution in [0.15, 0.2) is 23.1 Å². The fourth-order valence-electron chi connectivity index (χ4n) is 1.91. The zero-order chi connectivity index (χ0) is 15.2. The molecule has 1 aromatic rings. The molecule has 1 rings (SSSR count). The Bertz CT molecular complexity index is 528. The van der Waals surface area contributed by atoms with Crippen LogP contribution in [0.5, 0.6) is 0 Å². The first kappa shape index (κ1) is 17.1. The highest BCUT2D eigenvalue weighted by Crippen LogP contribution is 2.18. The van der Waals surface area contributed by atoms with Crippen LogP contribution in [0.3, 0.4) is 0 Å². The topological polar surface area (TPSA) is 75.6 Å². The molecule has 0 aromatic heterocycles. The van der Waals surface area contributed by atoms with Gasteiger partial charge in [-0.1, -0.05) is 26.0 Å². The van der Waals surface area contributed by atoms with E-state index in [9.17, 15) is 8.42 Å². The van der Waals surface area contributed by atoms with Gasteiger partial charge in [0.25, 0.3) is 0 Å². The van der Waals surface area contributed by atoms with E-state index in [2.05, 4.69) is 4.72 Å². The van der Waals surface area contributed by atoms with Gasteiger partial charge in [0.2, 0.25) is 10.0 Å². The number of rotatable bonds is 8. The van der Waals surface area contributed by atoms with E-state index in [0.717, 1.165) is 5.56 Å². The number of ether oxygens (including phenoxy) is 1. The van der Waals surface area contributed by atoms with Crippen molar-refractivity contribution < 1.29 is 18.3 Å². The molecule has 0 aliphatic carbocycles. The highest BCUT2D eigenvalue weighted by atomic mass is 32.2. The van der Waals surface area contributed by atoms with E-state index in [1.165, 1.54) is 6.07 Å². The van der Waals surface area contributed by atoms with Crippen molar-refractivity contribution in [2.75, 3.05) is 20.3 Å².